The number of amidine groups is 1. The molecule has 1 aromatic carbocycles. The molecule has 1 unspecified atom stereocenters. The fourth-order valence-corrected chi connectivity index (χ4v) is 2.78. The van der Waals surface area contributed by atoms with Crippen LogP contribution in [0.5, 0.6) is 5.75 Å². The lowest BCUT2D eigenvalue weighted by molar-refractivity contribution is 0.340. The van der Waals surface area contributed by atoms with Crippen LogP contribution < -0.4 is 10.5 Å². The second kappa shape index (κ2) is 5.97. The molecule has 19 heavy (non-hydrogen) atoms. The van der Waals surface area contributed by atoms with Crippen LogP contribution in [-0.4, -0.2) is 27.7 Å². The Balaban J connectivity index is 2.14. The maximum atomic E-state index is 7.29. The predicted molar refractivity (Wildman–Crippen MR) is 79.1 cm³/mol. The Bertz CT molecular complexity index is 581. The van der Waals surface area contributed by atoms with Crippen molar-refractivity contribution in [3.63, 3.8) is 0 Å². The van der Waals surface area contributed by atoms with E-state index in [1.165, 1.54) is 0 Å². The zero-order valence-electron chi connectivity index (χ0n) is 11.1. The fraction of sp³-hybridized carbons (Fsp3) is 0.385. The van der Waals surface area contributed by atoms with Gasteiger partial charge in [0.05, 0.1) is 23.5 Å². The number of H-pyrrole nitrogens is 1. The van der Waals surface area contributed by atoms with Crippen LogP contribution in [0.15, 0.2) is 23.4 Å². The van der Waals surface area contributed by atoms with Crippen molar-refractivity contribution in [1.82, 2.24) is 9.97 Å². The Kier molecular flexibility index (Phi) is 4.31. The van der Waals surface area contributed by atoms with Crippen molar-refractivity contribution >= 4 is 28.6 Å². The largest absolute Gasteiger partial charge is 0.494 e. The number of benzene rings is 1. The number of nitrogens with one attached hydrogen (secondary N) is 2. The molecule has 0 spiro atoms. The fourth-order valence-electron chi connectivity index (χ4n) is 1.82. The van der Waals surface area contributed by atoms with Gasteiger partial charge in [-0.05, 0) is 19.1 Å². The molecular formula is C13H18N4OS. The van der Waals surface area contributed by atoms with E-state index in [9.17, 15) is 0 Å². The molecule has 0 aliphatic heterocycles. The zero-order chi connectivity index (χ0) is 13.8. The summed E-state index contributed by atoms with van der Waals surface area (Å²) in [5.41, 5.74) is 7.28. The summed E-state index contributed by atoms with van der Waals surface area (Å²) < 4.78 is 5.46. The van der Waals surface area contributed by atoms with Crippen molar-refractivity contribution in [3.8, 4) is 5.75 Å². The first-order chi connectivity index (χ1) is 9.08. The first-order valence-corrected chi connectivity index (χ1v) is 7.08. The van der Waals surface area contributed by atoms with E-state index in [4.69, 9.17) is 15.9 Å². The maximum Gasteiger partial charge on any atom is 0.166 e. The Morgan fingerprint density at radius 3 is 3.05 bits per heavy atom. The molecule has 0 saturated carbocycles. The van der Waals surface area contributed by atoms with Gasteiger partial charge in [-0.25, -0.2) is 4.98 Å². The summed E-state index contributed by atoms with van der Waals surface area (Å²) >= 11 is 1.59. The van der Waals surface area contributed by atoms with Crippen LogP contribution in [0, 0.1) is 5.41 Å². The number of aromatic amines is 1. The van der Waals surface area contributed by atoms with Gasteiger partial charge in [0.2, 0.25) is 0 Å². The van der Waals surface area contributed by atoms with E-state index in [1.54, 1.807) is 11.8 Å². The molecule has 0 amide bonds. The van der Waals surface area contributed by atoms with Crippen LogP contribution in [-0.2, 0) is 0 Å². The highest BCUT2D eigenvalue weighted by atomic mass is 32.2. The van der Waals surface area contributed by atoms with Gasteiger partial charge in [0, 0.05) is 17.7 Å². The number of aromatic nitrogens is 2. The average molecular weight is 278 g/mol. The smallest absolute Gasteiger partial charge is 0.166 e. The average Bonchev–Trinajstić information content (AvgIpc) is 2.69. The van der Waals surface area contributed by atoms with Gasteiger partial charge < -0.3 is 15.5 Å². The summed E-state index contributed by atoms with van der Waals surface area (Å²) in [6.45, 7) is 4.64. The molecule has 0 aliphatic rings. The summed E-state index contributed by atoms with van der Waals surface area (Å²) in [6, 6.07) is 5.81. The lowest BCUT2D eigenvalue weighted by Crippen LogP contribution is -2.14. The van der Waals surface area contributed by atoms with Crippen LogP contribution in [0.25, 0.3) is 11.0 Å². The highest BCUT2D eigenvalue weighted by molar-refractivity contribution is 7.99. The van der Waals surface area contributed by atoms with Crippen molar-refractivity contribution in [3.05, 3.63) is 18.2 Å². The van der Waals surface area contributed by atoms with E-state index in [0.29, 0.717) is 13.0 Å². The summed E-state index contributed by atoms with van der Waals surface area (Å²) in [7, 11) is 0. The van der Waals surface area contributed by atoms with E-state index < -0.39 is 0 Å². The molecular weight excluding hydrogens is 260 g/mol. The van der Waals surface area contributed by atoms with Crippen molar-refractivity contribution in [2.24, 2.45) is 5.73 Å². The summed E-state index contributed by atoms with van der Waals surface area (Å²) in [4.78, 5) is 7.76. The standard InChI is InChI=1S/C13H18N4OS/c1-3-18-9-4-5-10-11(7-9)17-13(16-10)19-8(2)6-12(14)15/h4-5,7-8H,3,6H2,1-2H3,(H3,14,15)(H,16,17). The number of nitrogens with two attached hydrogens (primary N) is 1. The summed E-state index contributed by atoms with van der Waals surface area (Å²) in [5.74, 6) is 1.04. The zero-order valence-corrected chi connectivity index (χ0v) is 11.9. The molecule has 2 rings (SSSR count). The third-order valence-corrected chi connectivity index (χ3v) is 3.55. The van der Waals surface area contributed by atoms with Gasteiger partial charge in [0.15, 0.2) is 5.16 Å². The number of ether oxygens (including phenoxy) is 1. The first-order valence-electron chi connectivity index (χ1n) is 6.20. The molecule has 5 nitrogen and oxygen atoms in total. The van der Waals surface area contributed by atoms with Gasteiger partial charge >= 0.3 is 0 Å². The molecule has 102 valence electrons. The van der Waals surface area contributed by atoms with Crippen molar-refractivity contribution in [2.45, 2.75) is 30.7 Å². The van der Waals surface area contributed by atoms with Crippen LogP contribution in [0.3, 0.4) is 0 Å². The normalized spacial score (nSPS) is 12.5. The van der Waals surface area contributed by atoms with Crippen molar-refractivity contribution < 1.29 is 4.74 Å². The van der Waals surface area contributed by atoms with Crippen LogP contribution >= 0.6 is 11.8 Å². The molecule has 4 N–H and O–H groups in total. The third-order valence-electron chi connectivity index (χ3n) is 2.56. The van der Waals surface area contributed by atoms with Crippen LogP contribution in [0.2, 0.25) is 0 Å². The number of thioether (sulfide) groups is 1. The SMILES string of the molecule is CCOc1ccc2nc(SC(C)CC(=N)N)[nH]c2c1. The topological polar surface area (TPSA) is 87.8 Å². The molecule has 0 bridgehead atoms. The molecule has 1 heterocycles. The van der Waals surface area contributed by atoms with E-state index in [-0.39, 0.29) is 11.1 Å². The van der Waals surface area contributed by atoms with Crippen LogP contribution in [0.1, 0.15) is 20.3 Å². The van der Waals surface area contributed by atoms with Crippen molar-refractivity contribution in [2.75, 3.05) is 6.61 Å². The number of imidazole rings is 1. The molecule has 1 atom stereocenters. The van der Waals surface area contributed by atoms with Gasteiger partial charge in [0.1, 0.15) is 5.75 Å². The Hall–Kier alpha value is -1.69. The van der Waals surface area contributed by atoms with Crippen molar-refractivity contribution in [1.29, 1.82) is 5.41 Å². The molecule has 0 saturated heterocycles. The molecule has 6 heteroatoms. The monoisotopic (exact) mass is 278 g/mol. The van der Waals surface area contributed by atoms with E-state index in [0.717, 1.165) is 21.9 Å². The summed E-state index contributed by atoms with van der Waals surface area (Å²) in [6.07, 6.45) is 0.561. The number of hydrogen-bond acceptors (Lipinski definition) is 4. The van der Waals surface area contributed by atoms with E-state index >= 15 is 0 Å². The third kappa shape index (κ3) is 3.64. The molecule has 0 radical (unpaired) electrons. The number of hydrogen-bond donors (Lipinski definition) is 3. The summed E-state index contributed by atoms with van der Waals surface area (Å²) in [5, 5.41) is 8.36. The minimum atomic E-state index is 0.203. The van der Waals surface area contributed by atoms with Gasteiger partial charge in [-0.2, -0.15) is 0 Å². The Morgan fingerprint density at radius 1 is 1.58 bits per heavy atom. The van der Waals surface area contributed by atoms with Gasteiger partial charge in [-0.1, -0.05) is 18.7 Å². The molecule has 0 aliphatic carbocycles. The highest BCUT2D eigenvalue weighted by Gasteiger charge is 2.10. The lowest BCUT2D eigenvalue weighted by atomic mass is 10.3. The van der Waals surface area contributed by atoms with E-state index in [2.05, 4.69) is 9.97 Å². The minimum Gasteiger partial charge on any atom is -0.494 e. The Morgan fingerprint density at radius 2 is 2.37 bits per heavy atom. The highest BCUT2D eigenvalue weighted by Crippen LogP contribution is 2.26. The first kappa shape index (κ1) is 13.7. The molecule has 2 aromatic rings. The Labute approximate surface area is 116 Å². The number of nitrogens with zero attached hydrogens (tertiary/aromatic N) is 1. The second-order valence-corrected chi connectivity index (χ2v) is 5.74. The second-order valence-electron chi connectivity index (χ2n) is 4.31. The molecule has 0 fully saturated rings. The number of rotatable bonds is 6. The van der Waals surface area contributed by atoms with Gasteiger partial charge in [-0.15, -0.1) is 0 Å². The number of fused-ring (bicyclic) bond motifs is 1. The lowest BCUT2D eigenvalue weighted by Gasteiger charge is -2.06. The predicted octanol–water partition coefficient (Wildman–Crippen LogP) is 2.77. The van der Waals surface area contributed by atoms with E-state index in [1.807, 2.05) is 32.0 Å². The molecule has 1 aromatic heterocycles. The van der Waals surface area contributed by atoms with Gasteiger partial charge in [-0.3, -0.25) is 5.41 Å². The quantitative estimate of drug-likeness (QED) is 0.431. The van der Waals surface area contributed by atoms with Gasteiger partial charge in [0.25, 0.3) is 0 Å². The van der Waals surface area contributed by atoms with Crippen LogP contribution in [0.4, 0.5) is 0 Å². The maximum absolute atomic E-state index is 7.29. The minimum absolute atomic E-state index is 0.203.